The summed E-state index contributed by atoms with van der Waals surface area (Å²) in [5.41, 5.74) is 2.43. The first-order valence-electron chi connectivity index (χ1n) is 6.37. The molecule has 2 atom stereocenters. The molecule has 1 heterocycles. The number of nitrogens with one attached hydrogen (secondary N) is 1. The van der Waals surface area contributed by atoms with Gasteiger partial charge in [0.1, 0.15) is 11.0 Å². The van der Waals surface area contributed by atoms with E-state index in [2.05, 4.69) is 5.32 Å². The molecule has 1 saturated heterocycles. The maximum Gasteiger partial charge on any atom is 0.286 e. The van der Waals surface area contributed by atoms with Gasteiger partial charge >= 0.3 is 0 Å². The molecule has 0 radical (unpaired) electrons. The zero-order chi connectivity index (χ0) is 13.4. The number of carbonyl (C=O) groups is 2. The molecule has 3 rings (SSSR count). The highest BCUT2D eigenvalue weighted by molar-refractivity contribution is 8.15. The molecular formula is C14H15NO3S. The number of imide groups is 1. The molecule has 1 fully saturated rings. The number of methoxy groups -OCH3 is 1. The van der Waals surface area contributed by atoms with E-state index >= 15 is 0 Å². The van der Waals surface area contributed by atoms with Crippen LogP contribution in [-0.4, -0.2) is 23.5 Å². The molecule has 100 valence electrons. The van der Waals surface area contributed by atoms with Crippen molar-refractivity contribution in [1.29, 1.82) is 0 Å². The van der Waals surface area contributed by atoms with Gasteiger partial charge < -0.3 is 4.74 Å². The van der Waals surface area contributed by atoms with Gasteiger partial charge in [0.25, 0.3) is 5.24 Å². The minimum absolute atomic E-state index is 0.131. The van der Waals surface area contributed by atoms with E-state index in [4.69, 9.17) is 4.74 Å². The van der Waals surface area contributed by atoms with Crippen LogP contribution in [-0.2, 0) is 11.2 Å². The monoisotopic (exact) mass is 277 g/mol. The van der Waals surface area contributed by atoms with Crippen molar-refractivity contribution in [1.82, 2.24) is 5.32 Å². The number of benzene rings is 1. The Balaban J connectivity index is 1.94. The van der Waals surface area contributed by atoms with Gasteiger partial charge in [0, 0.05) is 5.92 Å². The van der Waals surface area contributed by atoms with Gasteiger partial charge in [-0.15, -0.1) is 0 Å². The first-order chi connectivity index (χ1) is 9.19. The van der Waals surface area contributed by atoms with Crippen LogP contribution in [0.25, 0.3) is 0 Å². The predicted octanol–water partition coefficient (Wildman–Crippen LogP) is 2.47. The highest BCUT2D eigenvalue weighted by atomic mass is 32.2. The molecule has 0 bridgehead atoms. The van der Waals surface area contributed by atoms with Gasteiger partial charge in [-0.05, 0) is 42.5 Å². The Morgan fingerprint density at radius 2 is 2.21 bits per heavy atom. The Labute approximate surface area is 115 Å². The average Bonchev–Trinajstić information content (AvgIpc) is 2.76. The summed E-state index contributed by atoms with van der Waals surface area (Å²) in [7, 11) is 1.65. The van der Waals surface area contributed by atoms with E-state index < -0.39 is 0 Å². The van der Waals surface area contributed by atoms with Gasteiger partial charge in [-0.3, -0.25) is 14.9 Å². The van der Waals surface area contributed by atoms with E-state index in [0.29, 0.717) is 0 Å². The lowest BCUT2D eigenvalue weighted by Crippen LogP contribution is -2.30. The third-order valence-electron chi connectivity index (χ3n) is 3.79. The standard InChI is InChI=1S/C14H15NO3S/c1-18-9-5-6-10-8(7-9)3-2-4-11(10)12-13(16)15-14(17)19-12/h5-7,11-12H,2-4H2,1H3,(H,15,16,17)/t11-,12?/m0/s1. The number of amides is 2. The van der Waals surface area contributed by atoms with E-state index in [1.807, 2.05) is 18.2 Å². The summed E-state index contributed by atoms with van der Waals surface area (Å²) < 4.78 is 5.24. The topological polar surface area (TPSA) is 55.4 Å². The summed E-state index contributed by atoms with van der Waals surface area (Å²) in [6.45, 7) is 0. The Hall–Kier alpha value is -1.49. The summed E-state index contributed by atoms with van der Waals surface area (Å²) in [5, 5.41) is 1.87. The second-order valence-electron chi connectivity index (χ2n) is 4.88. The molecule has 1 N–H and O–H groups in total. The lowest BCUT2D eigenvalue weighted by molar-refractivity contribution is -0.119. The zero-order valence-corrected chi connectivity index (χ0v) is 11.5. The molecule has 1 aliphatic carbocycles. The molecule has 1 aliphatic heterocycles. The molecule has 19 heavy (non-hydrogen) atoms. The quantitative estimate of drug-likeness (QED) is 0.902. The molecule has 0 spiro atoms. The summed E-state index contributed by atoms with van der Waals surface area (Å²) >= 11 is 1.12. The molecule has 1 unspecified atom stereocenters. The lowest BCUT2D eigenvalue weighted by Gasteiger charge is -2.28. The normalized spacial score (nSPS) is 25.9. The van der Waals surface area contributed by atoms with Gasteiger partial charge in [-0.25, -0.2) is 0 Å². The van der Waals surface area contributed by atoms with Crippen LogP contribution >= 0.6 is 11.8 Å². The number of fused-ring (bicyclic) bond motifs is 1. The Morgan fingerprint density at radius 1 is 1.37 bits per heavy atom. The second kappa shape index (κ2) is 4.89. The van der Waals surface area contributed by atoms with Crippen molar-refractivity contribution >= 4 is 22.9 Å². The maximum absolute atomic E-state index is 11.8. The number of thioether (sulfide) groups is 1. The Kier molecular flexibility index (Phi) is 3.22. The van der Waals surface area contributed by atoms with Crippen molar-refractivity contribution in [2.75, 3.05) is 7.11 Å². The molecule has 2 aliphatic rings. The maximum atomic E-state index is 11.8. The van der Waals surface area contributed by atoms with Crippen LogP contribution in [0.15, 0.2) is 18.2 Å². The van der Waals surface area contributed by atoms with Gasteiger partial charge in [0.15, 0.2) is 0 Å². The third kappa shape index (κ3) is 2.23. The first-order valence-corrected chi connectivity index (χ1v) is 7.25. The first kappa shape index (κ1) is 12.5. The van der Waals surface area contributed by atoms with Crippen molar-refractivity contribution in [2.45, 2.75) is 30.4 Å². The highest BCUT2D eigenvalue weighted by Crippen LogP contribution is 2.41. The van der Waals surface area contributed by atoms with E-state index in [1.165, 1.54) is 11.1 Å². The van der Waals surface area contributed by atoms with Crippen molar-refractivity contribution in [3.8, 4) is 5.75 Å². The molecule has 1 aromatic rings. The number of hydrogen-bond acceptors (Lipinski definition) is 4. The largest absolute Gasteiger partial charge is 0.497 e. The SMILES string of the molecule is COc1ccc2c(c1)CCC[C@@H]2C1SC(=O)NC1=O. The summed E-state index contributed by atoms with van der Waals surface area (Å²) in [6, 6.07) is 6.01. The molecule has 4 nitrogen and oxygen atoms in total. The Morgan fingerprint density at radius 3 is 2.89 bits per heavy atom. The van der Waals surface area contributed by atoms with E-state index in [1.54, 1.807) is 7.11 Å². The van der Waals surface area contributed by atoms with E-state index in [0.717, 1.165) is 36.8 Å². The fraction of sp³-hybridized carbons (Fsp3) is 0.429. The van der Waals surface area contributed by atoms with Crippen LogP contribution in [0.2, 0.25) is 0 Å². The number of rotatable bonds is 2. The molecular weight excluding hydrogens is 262 g/mol. The van der Waals surface area contributed by atoms with Gasteiger partial charge in [0.05, 0.1) is 7.11 Å². The number of ether oxygens (including phenoxy) is 1. The minimum atomic E-state index is -0.278. The van der Waals surface area contributed by atoms with E-state index in [9.17, 15) is 9.59 Å². The number of carbonyl (C=O) groups excluding carboxylic acids is 2. The number of aryl methyl sites for hydroxylation is 1. The van der Waals surface area contributed by atoms with E-state index in [-0.39, 0.29) is 22.3 Å². The third-order valence-corrected chi connectivity index (χ3v) is 4.91. The van der Waals surface area contributed by atoms with Gasteiger partial charge in [-0.1, -0.05) is 17.8 Å². The predicted molar refractivity (Wildman–Crippen MR) is 73.6 cm³/mol. The zero-order valence-electron chi connectivity index (χ0n) is 10.6. The fourth-order valence-corrected chi connectivity index (χ4v) is 3.91. The molecule has 0 saturated carbocycles. The van der Waals surface area contributed by atoms with Crippen molar-refractivity contribution in [3.05, 3.63) is 29.3 Å². The van der Waals surface area contributed by atoms with Crippen LogP contribution in [0.1, 0.15) is 29.9 Å². The van der Waals surface area contributed by atoms with Gasteiger partial charge in [-0.2, -0.15) is 0 Å². The lowest BCUT2D eigenvalue weighted by atomic mass is 9.80. The molecule has 1 aromatic carbocycles. The summed E-state index contributed by atoms with van der Waals surface area (Å²) in [6.07, 6.45) is 3.01. The molecule has 2 amide bonds. The molecule has 5 heteroatoms. The second-order valence-corrected chi connectivity index (χ2v) is 5.99. The fourth-order valence-electron chi connectivity index (χ4n) is 2.90. The highest BCUT2D eigenvalue weighted by Gasteiger charge is 2.40. The summed E-state index contributed by atoms with van der Waals surface area (Å²) in [5.74, 6) is 0.828. The Bertz CT molecular complexity index is 543. The van der Waals surface area contributed by atoms with Crippen molar-refractivity contribution < 1.29 is 14.3 Å². The average molecular weight is 277 g/mol. The summed E-state index contributed by atoms with van der Waals surface area (Å²) in [4.78, 5) is 23.2. The van der Waals surface area contributed by atoms with Crippen LogP contribution in [0.4, 0.5) is 4.79 Å². The van der Waals surface area contributed by atoms with Crippen molar-refractivity contribution in [3.63, 3.8) is 0 Å². The van der Waals surface area contributed by atoms with Gasteiger partial charge in [0.2, 0.25) is 5.91 Å². The van der Waals surface area contributed by atoms with Crippen LogP contribution in [0.3, 0.4) is 0 Å². The van der Waals surface area contributed by atoms with Crippen LogP contribution < -0.4 is 10.1 Å². The minimum Gasteiger partial charge on any atom is -0.497 e. The van der Waals surface area contributed by atoms with Crippen LogP contribution in [0, 0.1) is 0 Å². The smallest absolute Gasteiger partial charge is 0.286 e. The van der Waals surface area contributed by atoms with Crippen LogP contribution in [0.5, 0.6) is 5.75 Å². The number of hydrogen-bond donors (Lipinski definition) is 1. The van der Waals surface area contributed by atoms with Crippen molar-refractivity contribution in [2.24, 2.45) is 0 Å². The molecule has 0 aromatic heterocycles.